The first kappa shape index (κ1) is 16.4. The SMILES string of the molecule is COc1ccc(CC(=O)N2CCC[C@H](n3ccnc3)C2)cc1OC. The Bertz CT molecular complexity index is 685. The van der Waals surface area contributed by atoms with Crippen molar-refractivity contribution in [1.29, 1.82) is 0 Å². The zero-order chi connectivity index (χ0) is 16.9. The number of aromatic nitrogens is 2. The minimum atomic E-state index is 0.145. The number of nitrogens with zero attached hydrogens (tertiary/aromatic N) is 3. The highest BCUT2D eigenvalue weighted by atomic mass is 16.5. The van der Waals surface area contributed by atoms with Crippen LogP contribution in [-0.2, 0) is 11.2 Å². The number of piperidine rings is 1. The second-order valence-corrected chi connectivity index (χ2v) is 6.01. The van der Waals surface area contributed by atoms with Crippen LogP contribution in [0.4, 0.5) is 0 Å². The third-order valence-electron chi connectivity index (χ3n) is 4.50. The van der Waals surface area contributed by atoms with E-state index < -0.39 is 0 Å². The summed E-state index contributed by atoms with van der Waals surface area (Å²) in [6.07, 6.45) is 8.04. The molecule has 0 radical (unpaired) electrons. The number of likely N-dealkylation sites (tertiary alicyclic amines) is 1. The summed E-state index contributed by atoms with van der Waals surface area (Å²) in [7, 11) is 3.20. The van der Waals surface area contributed by atoms with Gasteiger partial charge in [-0.25, -0.2) is 4.98 Å². The molecule has 6 nitrogen and oxygen atoms in total. The molecule has 0 aliphatic carbocycles. The van der Waals surface area contributed by atoms with E-state index >= 15 is 0 Å². The average molecular weight is 329 g/mol. The number of hydrogen-bond donors (Lipinski definition) is 0. The van der Waals surface area contributed by atoms with Gasteiger partial charge in [-0.2, -0.15) is 0 Å². The van der Waals surface area contributed by atoms with Crippen molar-refractivity contribution < 1.29 is 14.3 Å². The first-order valence-electron chi connectivity index (χ1n) is 8.17. The molecule has 1 aliphatic rings. The van der Waals surface area contributed by atoms with E-state index in [9.17, 15) is 4.79 Å². The van der Waals surface area contributed by atoms with E-state index in [0.29, 0.717) is 24.0 Å². The lowest BCUT2D eigenvalue weighted by molar-refractivity contribution is -0.132. The smallest absolute Gasteiger partial charge is 0.227 e. The molecule has 128 valence electrons. The van der Waals surface area contributed by atoms with Gasteiger partial charge in [0.2, 0.25) is 5.91 Å². The average Bonchev–Trinajstić information content (AvgIpc) is 3.16. The van der Waals surface area contributed by atoms with Gasteiger partial charge in [-0.15, -0.1) is 0 Å². The van der Waals surface area contributed by atoms with Crippen molar-refractivity contribution in [3.05, 3.63) is 42.5 Å². The summed E-state index contributed by atoms with van der Waals surface area (Å²) >= 11 is 0. The third kappa shape index (κ3) is 3.53. The topological polar surface area (TPSA) is 56.6 Å². The predicted molar refractivity (Wildman–Crippen MR) is 90.3 cm³/mol. The summed E-state index contributed by atoms with van der Waals surface area (Å²) < 4.78 is 12.6. The highest BCUT2D eigenvalue weighted by Crippen LogP contribution is 2.28. The van der Waals surface area contributed by atoms with Gasteiger partial charge in [0.05, 0.1) is 33.0 Å². The first-order valence-corrected chi connectivity index (χ1v) is 8.17. The van der Waals surface area contributed by atoms with Crippen LogP contribution in [0.2, 0.25) is 0 Å². The second kappa shape index (κ2) is 7.38. The summed E-state index contributed by atoms with van der Waals surface area (Å²) in [5.74, 6) is 1.47. The molecule has 1 aromatic heterocycles. The van der Waals surface area contributed by atoms with E-state index in [0.717, 1.165) is 31.5 Å². The van der Waals surface area contributed by atoms with E-state index in [1.165, 1.54) is 0 Å². The van der Waals surface area contributed by atoms with E-state index in [4.69, 9.17) is 9.47 Å². The number of amides is 1. The van der Waals surface area contributed by atoms with Crippen LogP contribution >= 0.6 is 0 Å². The Kier molecular flexibility index (Phi) is 5.03. The molecule has 1 atom stereocenters. The molecule has 1 fully saturated rings. The van der Waals surface area contributed by atoms with Gasteiger partial charge in [-0.3, -0.25) is 4.79 Å². The fourth-order valence-corrected chi connectivity index (χ4v) is 3.19. The number of ether oxygens (including phenoxy) is 2. The predicted octanol–water partition coefficient (Wildman–Crippen LogP) is 2.31. The lowest BCUT2D eigenvalue weighted by Crippen LogP contribution is -2.41. The Labute approximate surface area is 142 Å². The molecule has 1 saturated heterocycles. The summed E-state index contributed by atoms with van der Waals surface area (Å²) in [5, 5.41) is 0. The molecule has 0 bridgehead atoms. The number of carbonyl (C=O) groups is 1. The van der Waals surface area contributed by atoms with Crippen molar-refractivity contribution in [3.8, 4) is 11.5 Å². The fraction of sp³-hybridized carbons (Fsp3) is 0.444. The number of hydrogen-bond acceptors (Lipinski definition) is 4. The molecule has 2 aromatic rings. The number of rotatable bonds is 5. The zero-order valence-electron chi connectivity index (χ0n) is 14.1. The van der Waals surface area contributed by atoms with Gasteiger partial charge in [-0.1, -0.05) is 6.07 Å². The van der Waals surface area contributed by atoms with Crippen molar-refractivity contribution in [3.63, 3.8) is 0 Å². The Balaban J connectivity index is 1.66. The standard InChI is InChI=1S/C18H23N3O3/c1-23-16-6-5-14(10-17(16)24-2)11-18(22)20-8-3-4-15(12-20)21-9-7-19-13-21/h5-7,9-10,13,15H,3-4,8,11-12H2,1-2H3/t15-/m0/s1. The van der Waals surface area contributed by atoms with Gasteiger partial charge >= 0.3 is 0 Å². The second-order valence-electron chi connectivity index (χ2n) is 6.01. The molecule has 6 heteroatoms. The van der Waals surface area contributed by atoms with Crippen LogP contribution in [0, 0.1) is 0 Å². The minimum Gasteiger partial charge on any atom is -0.493 e. The van der Waals surface area contributed by atoms with Crippen molar-refractivity contribution >= 4 is 5.91 Å². The van der Waals surface area contributed by atoms with Crippen molar-refractivity contribution in [2.45, 2.75) is 25.3 Å². The summed E-state index contributed by atoms with van der Waals surface area (Å²) in [6, 6.07) is 5.94. The van der Waals surface area contributed by atoms with Crippen molar-refractivity contribution in [1.82, 2.24) is 14.5 Å². The van der Waals surface area contributed by atoms with Crippen LogP contribution in [0.1, 0.15) is 24.4 Å². The van der Waals surface area contributed by atoms with E-state index in [1.54, 1.807) is 20.4 Å². The van der Waals surface area contributed by atoms with Gasteiger partial charge in [-0.05, 0) is 30.5 Å². The van der Waals surface area contributed by atoms with Crippen LogP contribution in [0.5, 0.6) is 11.5 Å². The quantitative estimate of drug-likeness (QED) is 0.845. The van der Waals surface area contributed by atoms with E-state index in [2.05, 4.69) is 9.55 Å². The number of carbonyl (C=O) groups excluding carboxylic acids is 1. The van der Waals surface area contributed by atoms with Crippen molar-refractivity contribution in [2.24, 2.45) is 0 Å². The largest absolute Gasteiger partial charge is 0.493 e. The van der Waals surface area contributed by atoms with Crippen molar-refractivity contribution in [2.75, 3.05) is 27.3 Å². The van der Waals surface area contributed by atoms with Gasteiger partial charge < -0.3 is 18.9 Å². The molecule has 0 unspecified atom stereocenters. The normalized spacial score (nSPS) is 17.6. The van der Waals surface area contributed by atoms with E-state index in [-0.39, 0.29) is 5.91 Å². The molecule has 1 amide bonds. The van der Waals surface area contributed by atoms with Crippen LogP contribution < -0.4 is 9.47 Å². The van der Waals surface area contributed by atoms with E-state index in [1.807, 2.05) is 35.6 Å². The maximum absolute atomic E-state index is 12.7. The molecule has 2 heterocycles. The highest BCUT2D eigenvalue weighted by molar-refractivity contribution is 5.79. The van der Waals surface area contributed by atoms with Gasteiger partial charge in [0, 0.05) is 25.5 Å². The number of benzene rings is 1. The van der Waals surface area contributed by atoms with Gasteiger partial charge in [0.15, 0.2) is 11.5 Å². The monoisotopic (exact) mass is 329 g/mol. The Morgan fingerprint density at radius 1 is 1.29 bits per heavy atom. The molecule has 0 saturated carbocycles. The summed E-state index contributed by atoms with van der Waals surface area (Å²) in [6.45, 7) is 1.56. The highest BCUT2D eigenvalue weighted by Gasteiger charge is 2.24. The molecule has 1 aliphatic heterocycles. The Morgan fingerprint density at radius 3 is 2.83 bits per heavy atom. The molecule has 1 aromatic carbocycles. The lowest BCUT2D eigenvalue weighted by Gasteiger charge is -2.33. The maximum Gasteiger partial charge on any atom is 0.227 e. The fourth-order valence-electron chi connectivity index (χ4n) is 3.19. The zero-order valence-corrected chi connectivity index (χ0v) is 14.1. The number of imidazole rings is 1. The van der Waals surface area contributed by atoms with Crippen LogP contribution in [0.25, 0.3) is 0 Å². The summed E-state index contributed by atoms with van der Waals surface area (Å²) in [5.41, 5.74) is 0.933. The molecular weight excluding hydrogens is 306 g/mol. The van der Waals surface area contributed by atoms with Gasteiger partial charge in [0.1, 0.15) is 0 Å². The molecule has 0 spiro atoms. The van der Waals surface area contributed by atoms with Crippen LogP contribution in [0.15, 0.2) is 36.9 Å². The lowest BCUT2D eigenvalue weighted by atomic mass is 10.0. The minimum absolute atomic E-state index is 0.145. The third-order valence-corrected chi connectivity index (χ3v) is 4.50. The summed E-state index contributed by atoms with van der Waals surface area (Å²) in [4.78, 5) is 18.7. The molecule has 0 N–H and O–H groups in total. The van der Waals surface area contributed by atoms with Gasteiger partial charge in [0.25, 0.3) is 0 Å². The maximum atomic E-state index is 12.7. The molecule has 3 rings (SSSR count). The number of methoxy groups -OCH3 is 2. The molecular formula is C18H23N3O3. The first-order chi connectivity index (χ1) is 11.7. The van der Waals surface area contributed by atoms with Crippen LogP contribution in [0.3, 0.4) is 0 Å². The molecule has 24 heavy (non-hydrogen) atoms. The van der Waals surface area contributed by atoms with Crippen LogP contribution in [-0.4, -0.2) is 47.7 Å². The Hall–Kier alpha value is -2.50. The Morgan fingerprint density at radius 2 is 2.12 bits per heavy atom.